The van der Waals surface area contributed by atoms with Gasteiger partial charge >= 0.3 is 0 Å². The van der Waals surface area contributed by atoms with E-state index in [-0.39, 0.29) is 23.9 Å². The van der Waals surface area contributed by atoms with Gasteiger partial charge in [-0.1, -0.05) is 5.16 Å². The second-order valence-corrected chi connectivity index (χ2v) is 7.05. The number of nitrogens with zero attached hydrogens (tertiary/aromatic N) is 6. The molecule has 8 heteroatoms. The van der Waals surface area contributed by atoms with Crippen molar-refractivity contribution in [2.45, 2.75) is 43.7 Å². The van der Waals surface area contributed by atoms with E-state index in [4.69, 9.17) is 4.52 Å². The van der Waals surface area contributed by atoms with Gasteiger partial charge in [-0.15, -0.1) is 0 Å². The third-order valence-electron chi connectivity index (χ3n) is 5.48. The molecule has 1 amide bonds. The standard InChI is InChI=1S/C19H18N6O2/c26-19(16-11-21-7-8-22-16)25-14-1-2-15(25)10-13(9-14)18-23-17(24-27-18)12-3-5-20-6-4-12/h3-8,11,13-15H,1-2,9-10H2. The van der Waals surface area contributed by atoms with Crippen molar-refractivity contribution in [1.29, 1.82) is 0 Å². The summed E-state index contributed by atoms with van der Waals surface area (Å²) in [5.41, 5.74) is 1.30. The van der Waals surface area contributed by atoms with Gasteiger partial charge in [0.15, 0.2) is 0 Å². The average molecular weight is 362 g/mol. The van der Waals surface area contributed by atoms with Crippen LogP contribution in [-0.4, -0.2) is 48.0 Å². The van der Waals surface area contributed by atoms with E-state index in [1.807, 2.05) is 17.0 Å². The molecule has 8 nitrogen and oxygen atoms in total. The summed E-state index contributed by atoms with van der Waals surface area (Å²) in [6.45, 7) is 0. The lowest BCUT2D eigenvalue weighted by atomic mass is 9.90. The maximum atomic E-state index is 12.9. The van der Waals surface area contributed by atoms with Crippen LogP contribution in [0.3, 0.4) is 0 Å². The third kappa shape index (κ3) is 2.87. The van der Waals surface area contributed by atoms with Crippen LogP contribution in [0.5, 0.6) is 0 Å². The zero-order valence-corrected chi connectivity index (χ0v) is 14.6. The van der Waals surface area contributed by atoms with Gasteiger partial charge in [-0.2, -0.15) is 4.98 Å². The molecule has 2 atom stereocenters. The largest absolute Gasteiger partial charge is 0.339 e. The van der Waals surface area contributed by atoms with Gasteiger partial charge in [-0.05, 0) is 37.8 Å². The lowest BCUT2D eigenvalue weighted by Gasteiger charge is -2.37. The molecule has 2 fully saturated rings. The quantitative estimate of drug-likeness (QED) is 0.706. The Bertz CT molecular complexity index is 931. The number of hydrogen-bond donors (Lipinski definition) is 0. The summed E-state index contributed by atoms with van der Waals surface area (Å²) in [5, 5.41) is 4.12. The molecular weight excluding hydrogens is 344 g/mol. The predicted octanol–water partition coefficient (Wildman–Crippen LogP) is 2.47. The Labute approximate surface area is 155 Å². The maximum absolute atomic E-state index is 12.9. The van der Waals surface area contributed by atoms with Crippen LogP contribution in [0.1, 0.15) is 48.0 Å². The normalized spacial score (nSPS) is 24.1. The summed E-state index contributed by atoms with van der Waals surface area (Å²) in [5.74, 6) is 1.39. The summed E-state index contributed by atoms with van der Waals surface area (Å²) in [4.78, 5) is 31.6. The molecule has 3 aromatic heterocycles. The van der Waals surface area contributed by atoms with E-state index in [2.05, 4.69) is 25.1 Å². The summed E-state index contributed by atoms with van der Waals surface area (Å²) in [7, 11) is 0. The van der Waals surface area contributed by atoms with Crippen LogP contribution in [0.2, 0.25) is 0 Å². The molecule has 0 N–H and O–H groups in total. The minimum atomic E-state index is -0.0305. The van der Waals surface area contributed by atoms with E-state index in [0.717, 1.165) is 31.2 Å². The molecule has 2 unspecified atom stereocenters. The minimum absolute atomic E-state index is 0.0305. The first-order valence-electron chi connectivity index (χ1n) is 9.12. The molecule has 27 heavy (non-hydrogen) atoms. The summed E-state index contributed by atoms with van der Waals surface area (Å²) >= 11 is 0. The summed E-state index contributed by atoms with van der Waals surface area (Å²) in [6.07, 6.45) is 11.8. The highest BCUT2D eigenvalue weighted by molar-refractivity contribution is 5.92. The van der Waals surface area contributed by atoms with Crippen LogP contribution in [0, 0.1) is 0 Å². The van der Waals surface area contributed by atoms with Crippen LogP contribution in [0.15, 0.2) is 47.6 Å². The van der Waals surface area contributed by atoms with E-state index < -0.39 is 0 Å². The number of piperidine rings is 1. The van der Waals surface area contributed by atoms with Gasteiger partial charge in [0.2, 0.25) is 11.7 Å². The Morgan fingerprint density at radius 2 is 1.81 bits per heavy atom. The highest BCUT2D eigenvalue weighted by atomic mass is 16.5. The fourth-order valence-corrected chi connectivity index (χ4v) is 4.27. The van der Waals surface area contributed by atoms with E-state index in [1.54, 1.807) is 24.8 Å². The summed E-state index contributed by atoms with van der Waals surface area (Å²) < 4.78 is 5.56. The van der Waals surface area contributed by atoms with Crippen molar-refractivity contribution < 1.29 is 9.32 Å². The van der Waals surface area contributed by atoms with Gasteiger partial charge < -0.3 is 9.42 Å². The average Bonchev–Trinajstić information content (AvgIpc) is 3.32. The monoisotopic (exact) mass is 362 g/mol. The van der Waals surface area contributed by atoms with Crippen LogP contribution in [0.25, 0.3) is 11.4 Å². The number of carbonyl (C=O) groups is 1. The van der Waals surface area contributed by atoms with Crippen molar-refractivity contribution in [3.05, 3.63) is 54.7 Å². The second-order valence-electron chi connectivity index (χ2n) is 7.05. The van der Waals surface area contributed by atoms with Crippen molar-refractivity contribution in [3.8, 4) is 11.4 Å². The van der Waals surface area contributed by atoms with E-state index in [0.29, 0.717) is 17.4 Å². The van der Waals surface area contributed by atoms with Gasteiger partial charge in [0.05, 0.1) is 6.20 Å². The van der Waals surface area contributed by atoms with Gasteiger partial charge in [-0.3, -0.25) is 14.8 Å². The second kappa shape index (κ2) is 6.53. The van der Waals surface area contributed by atoms with E-state index in [1.165, 1.54) is 6.20 Å². The molecule has 0 spiro atoms. The number of carbonyl (C=O) groups excluding carboxylic acids is 1. The number of rotatable bonds is 3. The molecule has 2 aliphatic heterocycles. The number of hydrogen-bond acceptors (Lipinski definition) is 7. The minimum Gasteiger partial charge on any atom is -0.339 e. The number of pyridine rings is 1. The van der Waals surface area contributed by atoms with Crippen LogP contribution in [-0.2, 0) is 0 Å². The third-order valence-corrected chi connectivity index (χ3v) is 5.48. The molecule has 0 saturated carbocycles. The number of aromatic nitrogens is 5. The van der Waals surface area contributed by atoms with Crippen molar-refractivity contribution in [3.63, 3.8) is 0 Å². The van der Waals surface area contributed by atoms with Gasteiger partial charge in [-0.25, -0.2) is 4.98 Å². The van der Waals surface area contributed by atoms with E-state index >= 15 is 0 Å². The summed E-state index contributed by atoms with van der Waals surface area (Å²) in [6, 6.07) is 4.08. The smallest absolute Gasteiger partial charge is 0.274 e. The molecule has 0 radical (unpaired) electrons. The topological polar surface area (TPSA) is 97.9 Å². The highest BCUT2D eigenvalue weighted by Crippen LogP contribution is 2.43. The van der Waals surface area contributed by atoms with Crippen molar-refractivity contribution in [1.82, 2.24) is 30.0 Å². The molecule has 5 heterocycles. The lowest BCUT2D eigenvalue weighted by molar-refractivity contribution is 0.0548. The Kier molecular flexibility index (Phi) is 3.88. The van der Waals surface area contributed by atoms with Gasteiger partial charge in [0.25, 0.3) is 5.91 Å². The predicted molar refractivity (Wildman–Crippen MR) is 94.5 cm³/mol. The Morgan fingerprint density at radius 3 is 2.52 bits per heavy atom. The first-order valence-corrected chi connectivity index (χ1v) is 9.12. The van der Waals surface area contributed by atoms with Crippen LogP contribution < -0.4 is 0 Å². The first-order chi connectivity index (χ1) is 13.3. The zero-order valence-electron chi connectivity index (χ0n) is 14.6. The fourth-order valence-electron chi connectivity index (χ4n) is 4.27. The van der Waals surface area contributed by atoms with Crippen LogP contribution >= 0.6 is 0 Å². The molecule has 136 valence electrons. The van der Waals surface area contributed by atoms with Crippen molar-refractivity contribution in [2.75, 3.05) is 0 Å². The maximum Gasteiger partial charge on any atom is 0.274 e. The molecule has 0 aromatic carbocycles. The zero-order chi connectivity index (χ0) is 18.2. The molecule has 5 rings (SSSR count). The molecule has 2 saturated heterocycles. The fraction of sp³-hybridized carbons (Fsp3) is 0.368. The number of amides is 1. The van der Waals surface area contributed by atoms with Gasteiger partial charge in [0.1, 0.15) is 5.69 Å². The van der Waals surface area contributed by atoms with Crippen molar-refractivity contribution in [2.24, 2.45) is 0 Å². The molecule has 0 aliphatic carbocycles. The van der Waals surface area contributed by atoms with Crippen LogP contribution in [0.4, 0.5) is 0 Å². The molecule has 2 bridgehead atoms. The van der Waals surface area contributed by atoms with Gasteiger partial charge in [0, 0.05) is 48.4 Å². The SMILES string of the molecule is O=C(c1cnccn1)N1C2CCC1CC(c1nc(-c3ccncc3)no1)C2. The number of fused-ring (bicyclic) bond motifs is 2. The van der Waals surface area contributed by atoms with E-state index in [9.17, 15) is 4.79 Å². The molecule has 2 aliphatic rings. The molecule has 3 aromatic rings. The molecular formula is C19H18N6O2. The Hall–Kier alpha value is -3.16. The lowest BCUT2D eigenvalue weighted by Crippen LogP contribution is -2.46. The van der Waals surface area contributed by atoms with Crippen molar-refractivity contribution >= 4 is 5.91 Å². The highest BCUT2D eigenvalue weighted by Gasteiger charge is 2.45. The Balaban J connectivity index is 1.35. The first kappa shape index (κ1) is 16.0. The Morgan fingerprint density at radius 1 is 1.04 bits per heavy atom.